The van der Waals surface area contributed by atoms with Gasteiger partial charge in [-0.15, -0.1) is 0 Å². The van der Waals surface area contributed by atoms with Crippen LogP contribution in [0.2, 0.25) is 0 Å². The largest absolute Gasteiger partial charge is 0.462 e. The van der Waals surface area contributed by atoms with Crippen LogP contribution in [0.25, 0.3) is 0 Å². The summed E-state index contributed by atoms with van der Waals surface area (Å²) < 4.78 is 9.65. The van der Waals surface area contributed by atoms with E-state index in [4.69, 9.17) is 9.47 Å². The smallest absolute Gasteiger partial charge is 0.302 e. The van der Waals surface area contributed by atoms with Crippen LogP contribution in [-0.2, 0) is 14.3 Å². The van der Waals surface area contributed by atoms with Gasteiger partial charge in [0.25, 0.3) is 0 Å². The van der Waals surface area contributed by atoms with Gasteiger partial charge in [0.1, 0.15) is 6.61 Å². The molecule has 0 aromatic carbocycles. The zero-order valence-electron chi connectivity index (χ0n) is 10.3. The van der Waals surface area contributed by atoms with Gasteiger partial charge in [-0.05, 0) is 13.1 Å². The maximum Gasteiger partial charge on any atom is 0.302 e. The van der Waals surface area contributed by atoms with E-state index in [0.29, 0.717) is 13.2 Å². The van der Waals surface area contributed by atoms with Crippen molar-refractivity contribution in [2.75, 3.05) is 40.5 Å². The maximum atomic E-state index is 10.5. The van der Waals surface area contributed by atoms with E-state index in [1.54, 1.807) is 7.11 Å². The van der Waals surface area contributed by atoms with Crippen LogP contribution >= 0.6 is 0 Å². The summed E-state index contributed by atoms with van der Waals surface area (Å²) in [6.45, 7) is 4.11. The number of esters is 1. The summed E-state index contributed by atoms with van der Waals surface area (Å²) in [5, 5.41) is 0. The standard InChI is InChI=1S/C12H21NO3/c1-12(14)16-11-7-5-9-13(2)8-4-6-10-15-3/h4-7H,8-11H2,1-3H3/b6-4+,7-5+. The van der Waals surface area contributed by atoms with Crippen LogP contribution in [0.1, 0.15) is 6.92 Å². The predicted octanol–water partition coefficient (Wildman–Crippen LogP) is 1.24. The highest BCUT2D eigenvalue weighted by Crippen LogP contribution is 1.86. The molecule has 0 heterocycles. The molecule has 0 bridgehead atoms. The Balaban J connectivity index is 3.48. The van der Waals surface area contributed by atoms with E-state index in [-0.39, 0.29) is 5.97 Å². The molecule has 16 heavy (non-hydrogen) atoms. The van der Waals surface area contributed by atoms with Crippen molar-refractivity contribution < 1.29 is 14.3 Å². The Morgan fingerprint density at radius 2 is 1.69 bits per heavy atom. The molecule has 4 heteroatoms. The highest BCUT2D eigenvalue weighted by Gasteiger charge is 1.91. The minimum atomic E-state index is -0.250. The molecule has 0 atom stereocenters. The monoisotopic (exact) mass is 227 g/mol. The van der Waals surface area contributed by atoms with Gasteiger partial charge < -0.3 is 9.47 Å². The van der Waals surface area contributed by atoms with Gasteiger partial charge in [0.15, 0.2) is 0 Å². The number of likely N-dealkylation sites (N-methyl/N-ethyl adjacent to an activating group) is 1. The Labute approximate surface area is 97.5 Å². The van der Waals surface area contributed by atoms with E-state index in [1.165, 1.54) is 6.92 Å². The van der Waals surface area contributed by atoms with E-state index in [9.17, 15) is 4.79 Å². The van der Waals surface area contributed by atoms with Crippen LogP contribution < -0.4 is 0 Å². The third-order valence-electron chi connectivity index (χ3n) is 1.81. The molecular weight excluding hydrogens is 206 g/mol. The second-order valence-corrected chi connectivity index (χ2v) is 3.42. The molecule has 0 aliphatic heterocycles. The van der Waals surface area contributed by atoms with Crippen molar-refractivity contribution in [2.24, 2.45) is 0 Å². The van der Waals surface area contributed by atoms with Gasteiger partial charge >= 0.3 is 5.97 Å². The molecule has 0 spiro atoms. The average Bonchev–Trinajstić information content (AvgIpc) is 2.23. The number of ether oxygens (including phenoxy) is 2. The molecular formula is C12H21NO3. The second kappa shape index (κ2) is 10.4. The van der Waals surface area contributed by atoms with Crippen molar-refractivity contribution in [3.8, 4) is 0 Å². The number of methoxy groups -OCH3 is 1. The van der Waals surface area contributed by atoms with Gasteiger partial charge in [-0.3, -0.25) is 9.69 Å². The normalized spacial score (nSPS) is 11.8. The van der Waals surface area contributed by atoms with Crippen LogP contribution in [0.15, 0.2) is 24.3 Å². The third-order valence-corrected chi connectivity index (χ3v) is 1.81. The Morgan fingerprint density at radius 3 is 2.19 bits per heavy atom. The van der Waals surface area contributed by atoms with Crippen molar-refractivity contribution in [1.29, 1.82) is 0 Å². The van der Waals surface area contributed by atoms with Crippen LogP contribution in [0.4, 0.5) is 0 Å². The minimum Gasteiger partial charge on any atom is -0.462 e. The molecule has 0 N–H and O–H groups in total. The fourth-order valence-corrected chi connectivity index (χ4v) is 0.981. The molecule has 0 amide bonds. The second-order valence-electron chi connectivity index (χ2n) is 3.42. The summed E-state index contributed by atoms with van der Waals surface area (Å²) in [7, 11) is 3.69. The Kier molecular flexibility index (Phi) is 9.66. The topological polar surface area (TPSA) is 38.8 Å². The molecule has 0 aliphatic rings. The first-order valence-corrected chi connectivity index (χ1v) is 5.27. The fourth-order valence-electron chi connectivity index (χ4n) is 0.981. The summed E-state index contributed by atoms with van der Waals surface area (Å²) in [5.74, 6) is -0.250. The van der Waals surface area contributed by atoms with Gasteiger partial charge in [-0.2, -0.15) is 0 Å². The molecule has 0 aromatic rings. The molecule has 0 radical (unpaired) electrons. The maximum absolute atomic E-state index is 10.5. The highest BCUT2D eigenvalue weighted by atomic mass is 16.5. The Bertz CT molecular complexity index is 236. The SMILES string of the molecule is COC/C=C/CN(C)C/C=C/COC(C)=O. The van der Waals surface area contributed by atoms with E-state index >= 15 is 0 Å². The number of carbonyl (C=O) groups excluding carboxylic acids is 1. The third kappa shape index (κ3) is 10.9. The summed E-state index contributed by atoms with van der Waals surface area (Å²) >= 11 is 0. The zero-order valence-corrected chi connectivity index (χ0v) is 10.3. The minimum absolute atomic E-state index is 0.250. The van der Waals surface area contributed by atoms with Crippen molar-refractivity contribution in [1.82, 2.24) is 4.90 Å². The first-order valence-electron chi connectivity index (χ1n) is 5.27. The van der Waals surface area contributed by atoms with E-state index < -0.39 is 0 Å². The van der Waals surface area contributed by atoms with Gasteiger partial charge in [0.05, 0.1) is 6.61 Å². The van der Waals surface area contributed by atoms with Gasteiger partial charge in [0.2, 0.25) is 0 Å². The van der Waals surface area contributed by atoms with E-state index in [1.807, 2.05) is 25.3 Å². The van der Waals surface area contributed by atoms with Crippen LogP contribution in [0, 0.1) is 0 Å². The van der Waals surface area contributed by atoms with E-state index in [0.717, 1.165) is 13.1 Å². The van der Waals surface area contributed by atoms with Crippen molar-refractivity contribution >= 4 is 5.97 Å². The lowest BCUT2D eigenvalue weighted by Gasteiger charge is -2.10. The first-order chi connectivity index (χ1) is 7.66. The number of hydrogen-bond acceptors (Lipinski definition) is 4. The number of hydrogen-bond donors (Lipinski definition) is 0. The first kappa shape index (κ1) is 14.9. The molecule has 4 nitrogen and oxygen atoms in total. The fraction of sp³-hybridized carbons (Fsp3) is 0.583. The molecule has 0 saturated heterocycles. The lowest BCUT2D eigenvalue weighted by Crippen LogP contribution is -2.18. The molecule has 0 fully saturated rings. The van der Waals surface area contributed by atoms with Crippen LogP contribution in [-0.4, -0.2) is 51.3 Å². The summed E-state index contributed by atoms with van der Waals surface area (Å²) in [6.07, 6.45) is 7.87. The highest BCUT2D eigenvalue weighted by molar-refractivity contribution is 5.65. The van der Waals surface area contributed by atoms with Crippen LogP contribution in [0.3, 0.4) is 0 Å². The summed E-state index contributed by atoms with van der Waals surface area (Å²) in [4.78, 5) is 12.6. The summed E-state index contributed by atoms with van der Waals surface area (Å²) in [6, 6.07) is 0. The zero-order chi connectivity index (χ0) is 12.2. The van der Waals surface area contributed by atoms with Gasteiger partial charge in [0, 0.05) is 27.1 Å². The predicted molar refractivity (Wildman–Crippen MR) is 64.3 cm³/mol. The van der Waals surface area contributed by atoms with Crippen molar-refractivity contribution in [3.05, 3.63) is 24.3 Å². The van der Waals surface area contributed by atoms with Gasteiger partial charge in [-0.25, -0.2) is 0 Å². The van der Waals surface area contributed by atoms with Crippen LogP contribution in [0.5, 0.6) is 0 Å². The number of rotatable bonds is 8. The van der Waals surface area contributed by atoms with Gasteiger partial charge in [-0.1, -0.05) is 18.2 Å². The molecule has 0 aliphatic carbocycles. The quantitative estimate of drug-likeness (QED) is 0.462. The number of nitrogens with zero attached hydrogens (tertiary/aromatic N) is 1. The lowest BCUT2D eigenvalue weighted by molar-refractivity contribution is -0.139. The average molecular weight is 227 g/mol. The molecule has 0 aromatic heterocycles. The van der Waals surface area contributed by atoms with Crippen molar-refractivity contribution in [3.63, 3.8) is 0 Å². The lowest BCUT2D eigenvalue weighted by atomic mass is 10.4. The van der Waals surface area contributed by atoms with Crippen molar-refractivity contribution in [2.45, 2.75) is 6.92 Å². The molecule has 0 unspecified atom stereocenters. The Morgan fingerprint density at radius 1 is 1.12 bits per heavy atom. The Hall–Kier alpha value is -1.13. The summed E-state index contributed by atoms with van der Waals surface area (Å²) in [5.41, 5.74) is 0. The molecule has 92 valence electrons. The number of carbonyl (C=O) groups is 1. The van der Waals surface area contributed by atoms with E-state index in [2.05, 4.69) is 11.0 Å². The molecule has 0 saturated carbocycles. The molecule has 0 rings (SSSR count).